The van der Waals surface area contributed by atoms with Crippen molar-refractivity contribution in [3.05, 3.63) is 95.3 Å². The zero-order valence-electron chi connectivity index (χ0n) is 23.8. The fourth-order valence-corrected chi connectivity index (χ4v) is 6.52. The molecule has 0 aromatic heterocycles. The molecule has 1 fully saturated rings. The second-order valence-corrected chi connectivity index (χ2v) is 12.7. The number of carbonyl (C=O) groups is 2. The Morgan fingerprint density at radius 3 is 2.27 bits per heavy atom. The molecule has 7 nitrogen and oxygen atoms in total. The number of sulfonamides is 1. The number of carbonyl (C=O) groups excluding carboxylic acids is 2. The normalized spacial score (nSPS) is 14.7. The van der Waals surface area contributed by atoms with Crippen molar-refractivity contribution in [3.8, 4) is 0 Å². The van der Waals surface area contributed by atoms with Crippen molar-refractivity contribution < 1.29 is 22.4 Å². The van der Waals surface area contributed by atoms with Gasteiger partial charge in [-0.25, -0.2) is 12.8 Å². The summed E-state index contributed by atoms with van der Waals surface area (Å²) in [6, 6.07) is 18.4. The molecule has 3 aromatic carbocycles. The van der Waals surface area contributed by atoms with E-state index in [0.29, 0.717) is 5.69 Å². The van der Waals surface area contributed by atoms with Gasteiger partial charge in [0, 0.05) is 18.2 Å². The maximum Gasteiger partial charge on any atom is 0.264 e. The van der Waals surface area contributed by atoms with Gasteiger partial charge in [0.05, 0.1) is 10.6 Å². The van der Waals surface area contributed by atoms with E-state index < -0.39 is 34.3 Å². The first-order valence-electron chi connectivity index (χ1n) is 14.1. The molecule has 0 heterocycles. The van der Waals surface area contributed by atoms with Crippen LogP contribution in [0.3, 0.4) is 0 Å². The Bertz CT molecular complexity index is 1470. The van der Waals surface area contributed by atoms with E-state index >= 15 is 0 Å². The van der Waals surface area contributed by atoms with Crippen LogP contribution in [0.4, 0.5) is 10.1 Å². The molecule has 1 N–H and O–H groups in total. The highest BCUT2D eigenvalue weighted by Gasteiger charge is 2.33. The molecule has 0 unspecified atom stereocenters. The molecule has 3 aromatic rings. The maximum atomic E-state index is 14.7. The first-order chi connectivity index (χ1) is 19.6. The molecule has 1 aliphatic rings. The van der Waals surface area contributed by atoms with Crippen LogP contribution < -0.4 is 9.62 Å². The lowest BCUT2D eigenvalue weighted by Gasteiger charge is -2.33. The third-order valence-corrected chi connectivity index (χ3v) is 9.38. The molecule has 0 aliphatic heterocycles. The number of benzene rings is 3. The van der Waals surface area contributed by atoms with Gasteiger partial charge < -0.3 is 10.2 Å². The number of hydrogen-bond donors (Lipinski definition) is 1. The second kappa shape index (κ2) is 13.3. The lowest BCUT2D eigenvalue weighted by Crippen LogP contribution is -2.53. The molecule has 1 saturated carbocycles. The molecule has 9 heteroatoms. The van der Waals surface area contributed by atoms with Gasteiger partial charge in [0.1, 0.15) is 18.4 Å². The van der Waals surface area contributed by atoms with Crippen LogP contribution in [0.25, 0.3) is 0 Å². The first-order valence-corrected chi connectivity index (χ1v) is 15.5. The number of nitrogens with zero attached hydrogens (tertiary/aromatic N) is 2. The highest BCUT2D eigenvalue weighted by molar-refractivity contribution is 7.92. The molecule has 41 heavy (non-hydrogen) atoms. The number of halogens is 1. The van der Waals surface area contributed by atoms with Gasteiger partial charge in [-0.3, -0.25) is 13.9 Å². The standard InChI is InChI=1S/C32H38FN3O4S/c1-23-16-18-29(19-17-23)41(39,40)36(28-14-9-10-24(2)20-28)22-31(37)35(21-26-11-7-8-15-30(26)33)25(3)32(38)34-27-12-5-4-6-13-27/h7-11,14-20,25,27H,4-6,12-13,21-22H2,1-3H3,(H,34,38)/t25-/m1/s1. The summed E-state index contributed by atoms with van der Waals surface area (Å²) < 4.78 is 43.6. The van der Waals surface area contributed by atoms with Crippen molar-refractivity contribution in [2.24, 2.45) is 0 Å². The van der Waals surface area contributed by atoms with E-state index in [1.54, 1.807) is 55.5 Å². The Kier molecular flexibility index (Phi) is 9.81. The Labute approximate surface area is 242 Å². The zero-order valence-corrected chi connectivity index (χ0v) is 24.7. The highest BCUT2D eigenvalue weighted by Crippen LogP contribution is 2.26. The summed E-state index contributed by atoms with van der Waals surface area (Å²) in [6.45, 7) is 4.55. The molecule has 0 spiro atoms. The zero-order chi connectivity index (χ0) is 29.6. The number of hydrogen-bond acceptors (Lipinski definition) is 4. The van der Waals surface area contributed by atoms with E-state index in [0.717, 1.165) is 47.5 Å². The van der Waals surface area contributed by atoms with Crippen molar-refractivity contribution in [2.45, 2.75) is 76.4 Å². The predicted molar refractivity (Wildman–Crippen MR) is 158 cm³/mol. The van der Waals surface area contributed by atoms with Crippen LogP contribution in [0, 0.1) is 19.7 Å². The van der Waals surface area contributed by atoms with Crippen LogP contribution in [-0.2, 0) is 26.2 Å². The number of anilines is 1. The Hall–Kier alpha value is -3.72. The smallest absolute Gasteiger partial charge is 0.264 e. The molecule has 1 atom stereocenters. The number of aryl methyl sites for hydroxylation is 2. The summed E-state index contributed by atoms with van der Waals surface area (Å²) in [6.07, 6.45) is 4.93. The van der Waals surface area contributed by atoms with Gasteiger partial charge in [0.2, 0.25) is 11.8 Å². The van der Waals surface area contributed by atoms with E-state index in [-0.39, 0.29) is 29.0 Å². The third kappa shape index (κ3) is 7.52. The van der Waals surface area contributed by atoms with Gasteiger partial charge in [-0.2, -0.15) is 0 Å². The summed E-state index contributed by atoms with van der Waals surface area (Å²) in [5.41, 5.74) is 2.28. The van der Waals surface area contributed by atoms with Gasteiger partial charge in [-0.15, -0.1) is 0 Å². The van der Waals surface area contributed by atoms with Crippen LogP contribution in [0.2, 0.25) is 0 Å². The first kappa shape index (κ1) is 30.2. The Morgan fingerprint density at radius 2 is 1.61 bits per heavy atom. The summed E-state index contributed by atoms with van der Waals surface area (Å²) in [4.78, 5) is 28.7. The highest BCUT2D eigenvalue weighted by atomic mass is 32.2. The van der Waals surface area contributed by atoms with E-state index in [1.807, 2.05) is 19.9 Å². The van der Waals surface area contributed by atoms with Gasteiger partial charge in [-0.05, 0) is 69.5 Å². The molecule has 2 amide bonds. The fraction of sp³-hybridized carbons (Fsp3) is 0.375. The van der Waals surface area contributed by atoms with Crippen molar-refractivity contribution in [1.29, 1.82) is 0 Å². The van der Waals surface area contributed by atoms with Crippen molar-refractivity contribution >= 4 is 27.5 Å². The SMILES string of the molecule is Cc1ccc(S(=O)(=O)N(CC(=O)N(Cc2ccccc2F)[C@H](C)C(=O)NC2CCCCC2)c2cccc(C)c2)cc1. The molecule has 1 aliphatic carbocycles. The molecule has 218 valence electrons. The van der Waals surface area contributed by atoms with Gasteiger partial charge >= 0.3 is 0 Å². The maximum absolute atomic E-state index is 14.7. The van der Waals surface area contributed by atoms with Gasteiger partial charge in [-0.1, -0.05) is 67.3 Å². The minimum atomic E-state index is -4.15. The Balaban J connectivity index is 1.68. The molecule has 0 saturated heterocycles. The van der Waals surface area contributed by atoms with E-state index in [4.69, 9.17) is 0 Å². The van der Waals surface area contributed by atoms with E-state index in [2.05, 4.69) is 5.32 Å². The predicted octanol–water partition coefficient (Wildman–Crippen LogP) is 5.50. The minimum absolute atomic E-state index is 0.0230. The quantitative estimate of drug-likeness (QED) is 0.344. The van der Waals surface area contributed by atoms with Gasteiger partial charge in [0.25, 0.3) is 10.0 Å². The topological polar surface area (TPSA) is 86.8 Å². The van der Waals surface area contributed by atoms with Crippen LogP contribution in [0.1, 0.15) is 55.7 Å². The average molecular weight is 580 g/mol. The van der Waals surface area contributed by atoms with Crippen LogP contribution >= 0.6 is 0 Å². The molecule has 0 radical (unpaired) electrons. The van der Waals surface area contributed by atoms with Crippen LogP contribution in [0.5, 0.6) is 0 Å². The minimum Gasteiger partial charge on any atom is -0.352 e. The molecular weight excluding hydrogens is 541 g/mol. The molecule has 0 bridgehead atoms. The number of amides is 2. The monoisotopic (exact) mass is 579 g/mol. The van der Waals surface area contributed by atoms with Crippen LogP contribution in [-0.4, -0.2) is 43.8 Å². The van der Waals surface area contributed by atoms with Crippen molar-refractivity contribution in [1.82, 2.24) is 10.2 Å². The van der Waals surface area contributed by atoms with Gasteiger partial charge in [0.15, 0.2) is 0 Å². The van der Waals surface area contributed by atoms with Crippen molar-refractivity contribution in [2.75, 3.05) is 10.8 Å². The van der Waals surface area contributed by atoms with E-state index in [9.17, 15) is 22.4 Å². The molecule has 4 rings (SSSR count). The summed E-state index contributed by atoms with van der Waals surface area (Å²) in [5, 5.41) is 3.05. The lowest BCUT2D eigenvalue weighted by molar-refractivity contribution is -0.139. The fourth-order valence-electron chi connectivity index (χ4n) is 5.11. The summed E-state index contributed by atoms with van der Waals surface area (Å²) >= 11 is 0. The largest absolute Gasteiger partial charge is 0.352 e. The summed E-state index contributed by atoms with van der Waals surface area (Å²) in [7, 11) is -4.15. The van der Waals surface area contributed by atoms with Crippen molar-refractivity contribution in [3.63, 3.8) is 0 Å². The molecular formula is C32H38FN3O4S. The van der Waals surface area contributed by atoms with Crippen LogP contribution in [0.15, 0.2) is 77.7 Å². The average Bonchev–Trinajstić information content (AvgIpc) is 2.95. The second-order valence-electron chi connectivity index (χ2n) is 10.8. The third-order valence-electron chi connectivity index (χ3n) is 7.59. The Morgan fingerprint density at radius 1 is 0.927 bits per heavy atom. The summed E-state index contributed by atoms with van der Waals surface area (Å²) in [5.74, 6) is -1.46. The number of rotatable bonds is 10. The van der Waals surface area contributed by atoms with E-state index in [1.165, 1.54) is 23.1 Å². The number of nitrogens with one attached hydrogen (secondary N) is 1. The lowest BCUT2D eigenvalue weighted by atomic mass is 9.95.